The van der Waals surface area contributed by atoms with Crippen LogP contribution in [0.15, 0.2) is 24.3 Å². The van der Waals surface area contributed by atoms with E-state index in [9.17, 15) is 8.42 Å². The second kappa shape index (κ2) is 8.97. The predicted molar refractivity (Wildman–Crippen MR) is 100 cm³/mol. The Labute approximate surface area is 147 Å². The molecule has 1 unspecified atom stereocenters. The number of nitrogens with zero attached hydrogens (tertiary/aromatic N) is 1. The first-order valence-corrected chi connectivity index (χ1v) is 10.8. The molecule has 0 aliphatic carbocycles. The van der Waals surface area contributed by atoms with Crippen molar-refractivity contribution >= 4 is 10.0 Å². The van der Waals surface area contributed by atoms with E-state index in [4.69, 9.17) is 0 Å². The summed E-state index contributed by atoms with van der Waals surface area (Å²) < 4.78 is 27.1. The zero-order chi connectivity index (χ0) is 17.6. The first kappa shape index (κ1) is 19.4. The quantitative estimate of drug-likeness (QED) is 0.742. The molecule has 0 bridgehead atoms. The number of sulfonamides is 1. The van der Waals surface area contributed by atoms with Crippen LogP contribution in [0.25, 0.3) is 0 Å². The number of fused-ring (bicyclic) bond motifs is 1. The van der Waals surface area contributed by atoms with Gasteiger partial charge in [0.05, 0.1) is 5.75 Å². The molecule has 24 heavy (non-hydrogen) atoms. The van der Waals surface area contributed by atoms with E-state index in [0.29, 0.717) is 12.5 Å². The average molecular weight is 353 g/mol. The first-order valence-electron chi connectivity index (χ1n) is 9.19. The molecule has 0 amide bonds. The van der Waals surface area contributed by atoms with Crippen LogP contribution in [0, 0.1) is 5.92 Å². The van der Waals surface area contributed by atoms with E-state index in [1.807, 2.05) is 6.92 Å². The number of unbranched alkanes of at least 4 members (excludes halogenated alkanes) is 1. The molecule has 0 aromatic heterocycles. The van der Waals surface area contributed by atoms with Gasteiger partial charge in [0.2, 0.25) is 10.0 Å². The third-order valence-corrected chi connectivity index (χ3v) is 6.16. The molecular formula is C19H32N2O2S. The Kier molecular flexibility index (Phi) is 7.26. The van der Waals surface area contributed by atoms with Crippen molar-refractivity contribution in [1.82, 2.24) is 9.62 Å². The van der Waals surface area contributed by atoms with Crippen LogP contribution in [0.1, 0.15) is 51.2 Å². The van der Waals surface area contributed by atoms with E-state index in [0.717, 1.165) is 38.8 Å². The van der Waals surface area contributed by atoms with Crippen molar-refractivity contribution in [2.24, 2.45) is 5.92 Å². The molecule has 0 fully saturated rings. The van der Waals surface area contributed by atoms with Crippen LogP contribution in [0.5, 0.6) is 0 Å². The lowest BCUT2D eigenvalue weighted by Crippen LogP contribution is -2.47. The fraction of sp³-hybridized carbons (Fsp3) is 0.684. The Morgan fingerprint density at radius 1 is 1.21 bits per heavy atom. The topological polar surface area (TPSA) is 49.4 Å². The Balaban J connectivity index is 2.01. The van der Waals surface area contributed by atoms with Crippen LogP contribution >= 0.6 is 0 Å². The maximum Gasteiger partial charge on any atom is 0.211 e. The van der Waals surface area contributed by atoms with E-state index < -0.39 is 10.0 Å². The molecule has 0 saturated heterocycles. The Hall–Kier alpha value is -0.910. The van der Waals surface area contributed by atoms with Crippen LogP contribution in [0.2, 0.25) is 0 Å². The SMILES string of the molecule is CCCCS(=O)(=O)NCC(CC(C)C)N1CCc2ccccc2C1. The van der Waals surface area contributed by atoms with Gasteiger partial charge < -0.3 is 0 Å². The van der Waals surface area contributed by atoms with E-state index in [1.54, 1.807) is 0 Å². The maximum absolute atomic E-state index is 12.1. The summed E-state index contributed by atoms with van der Waals surface area (Å²) in [4.78, 5) is 2.45. The second-order valence-corrected chi connectivity index (χ2v) is 9.22. The summed E-state index contributed by atoms with van der Waals surface area (Å²) in [6.07, 6.45) is 3.69. The van der Waals surface area contributed by atoms with Crippen molar-refractivity contribution < 1.29 is 8.42 Å². The fourth-order valence-electron chi connectivity index (χ4n) is 3.36. The highest BCUT2D eigenvalue weighted by atomic mass is 32.2. The summed E-state index contributed by atoms with van der Waals surface area (Å²) in [6.45, 7) is 8.87. The minimum Gasteiger partial charge on any atom is -0.294 e. The smallest absolute Gasteiger partial charge is 0.211 e. The van der Waals surface area contributed by atoms with Gasteiger partial charge in [0.25, 0.3) is 0 Å². The summed E-state index contributed by atoms with van der Waals surface area (Å²) in [6, 6.07) is 8.85. The molecule has 1 heterocycles. The zero-order valence-corrected chi connectivity index (χ0v) is 16.1. The highest BCUT2D eigenvalue weighted by Gasteiger charge is 2.25. The van der Waals surface area contributed by atoms with Crippen LogP contribution < -0.4 is 4.72 Å². The molecule has 5 heteroatoms. The molecule has 0 spiro atoms. The normalized spacial score (nSPS) is 17.0. The van der Waals surface area contributed by atoms with Crippen molar-refractivity contribution in [3.63, 3.8) is 0 Å². The van der Waals surface area contributed by atoms with Gasteiger partial charge in [-0.1, -0.05) is 51.5 Å². The summed E-state index contributed by atoms with van der Waals surface area (Å²) in [5, 5.41) is 0. The van der Waals surface area contributed by atoms with Gasteiger partial charge in [-0.05, 0) is 36.3 Å². The maximum atomic E-state index is 12.1. The molecule has 2 rings (SSSR count). The van der Waals surface area contributed by atoms with Gasteiger partial charge in [-0.15, -0.1) is 0 Å². The van der Waals surface area contributed by atoms with Crippen LogP contribution in [-0.2, 0) is 23.0 Å². The van der Waals surface area contributed by atoms with E-state index in [-0.39, 0.29) is 11.8 Å². The summed E-state index contributed by atoms with van der Waals surface area (Å²) in [5.41, 5.74) is 2.81. The Morgan fingerprint density at radius 2 is 1.92 bits per heavy atom. The van der Waals surface area contributed by atoms with Gasteiger partial charge in [0, 0.05) is 25.7 Å². The standard InChI is InChI=1S/C19H32N2O2S/c1-4-5-12-24(22,23)20-14-19(13-16(2)3)21-11-10-17-8-6-7-9-18(17)15-21/h6-9,16,19-20H,4-5,10-15H2,1-3H3. The van der Waals surface area contributed by atoms with Gasteiger partial charge in [0.15, 0.2) is 0 Å². The zero-order valence-electron chi connectivity index (χ0n) is 15.3. The third-order valence-electron chi connectivity index (χ3n) is 4.73. The fourth-order valence-corrected chi connectivity index (χ4v) is 4.62. The molecule has 0 saturated carbocycles. The first-order chi connectivity index (χ1) is 11.4. The van der Waals surface area contributed by atoms with Crippen LogP contribution in [0.3, 0.4) is 0 Å². The monoisotopic (exact) mass is 352 g/mol. The highest BCUT2D eigenvalue weighted by Crippen LogP contribution is 2.22. The molecule has 1 aromatic carbocycles. The molecule has 136 valence electrons. The average Bonchev–Trinajstić information content (AvgIpc) is 2.56. The van der Waals surface area contributed by atoms with Gasteiger partial charge in [-0.3, -0.25) is 4.90 Å². The minimum atomic E-state index is -3.15. The van der Waals surface area contributed by atoms with Gasteiger partial charge >= 0.3 is 0 Å². The molecule has 1 N–H and O–H groups in total. The largest absolute Gasteiger partial charge is 0.294 e. The van der Waals surface area contributed by atoms with Crippen LogP contribution in [0.4, 0.5) is 0 Å². The Bertz CT molecular complexity index is 614. The second-order valence-electron chi connectivity index (χ2n) is 7.29. The summed E-state index contributed by atoms with van der Waals surface area (Å²) >= 11 is 0. The Morgan fingerprint density at radius 3 is 2.58 bits per heavy atom. The van der Waals surface area contributed by atoms with Crippen molar-refractivity contribution in [3.05, 3.63) is 35.4 Å². The molecule has 1 atom stereocenters. The van der Waals surface area contributed by atoms with E-state index in [2.05, 4.69) is 47.7 Å². The van der Waals surface area contributed by atoms with Gasteiger partial charge in [-0.25, -0.2) is 13.1 Å². The third kappa shape index (κ3) is 5.87. The molecule has 1 aliphatic heterocycles. The van der Waals surface area contributed by atoms with E-state index in [1.165, 1.54) is 11.1 Å². The number of benzene rings is 1. The lowest BCUT2D eigenvalue weighted by Gasteiger charge is -2.36. The molecule has 0 radical (unpaired) electrons. The minimum absolute atomic E-state index is 0.237. The molecule has 1 aromatic rings. The summed E-state index contributed by atoms with van der Waals surface area (Å²) in [5.74, 6) is 0.785. The number of rotatable bonds is 9. The molecule has 4 nitrogen and oxygen atoms in total. The lowest BCUT2D eigenvalue weighted by atomic mass is 9.96. The molecule has 1 aliphatic rings. The van der Waals surface area contributed by atoms with Gasteiger partial charge in [0.1, 0.15) is 0 Å². The molecular weight excluding hydrogens is 320 g/mol. The van der Waals surface area contributed by atoms with E-state index >= 15 is 0 Å². The van der Waals surface area contributed by atoms with Crippen molar-refractivity contribution in [2.75, 3.05) is 18.8 Å². The lowest BCUT2D eigenvalue weighted by molar-refractivity contribution is 0.158. The van der Waals surface area contributed by atoms with Crippen molar-refractivity contribution in [3.8, 4) is 0 Å². The van der Waals surface area contributed by atoms with Crippen LogP contribution in [-0.4, -0.2) is 38.2 Å². The highest BCUT2D eigenvalue weighted by molar-refractivity contribution is 7.89. The van der Waals surface area contributed by atoms with Crippen molar-refractivity contribution in [2.45, 2.75) is 59.0 Å². The van der Waals surface area contributed by atoms with Gasteiger partial charge in [-0.2, -0.15) is 0 Å². The number of hydrogen-bond acceptors (Lipinski definition) is 3. The summed E-state index contributed by atoms with van der Waals surface area (Å²) in [7, 11) is -3.15. The van der Waals surface area contributed by atoms with Crippen molar-refractivity contribution in [1.29, 1.82) is 0 Å². The number of hydrogen-bond donors (Lipinski definition) is 1. The number of nitrogens with one attached hydrogen (secondary N) is 1. The predicted octanol–water partition coefficient (Wildman–Crippen LogP) is 3.18.